The highest BCUT2D eigenvalue weighted by atomic mass is 35.5. The maximum absolute atomic E-state index is 12.8. The van der Waals surface area contributed by atoms with Crippen molar-refractivity contribution in [2.45, 2.75) is 31.7 Å². The third-order valence-corrected chi connectivity index (χ3v) is 5.52. The molecule has 0 spiro atoms. The minimum Gasteiger partial charge on any atom is -0.496 e. The molecule has 0 aromatic heterocycles. The Hall–Kier alpha value is -1.79. The minimum atomic E-state index is -0.112. The molecule has 2 amide bonds. The molecule has 1 saturated carbocycles. The van der Waals surface area contributed by atoms with E-state index in [-0.39, 0.29) is 23.8 Å². The quantitative estimate of drug-likeness (QED) is 0.792. The van der Waals surface area contributed by atoms with Gasteiger partial charge < -0.3 is 20.7 Å². The number of benzene rings is 1. The maximum Gasteiger partial charge on any atom is 0.257 e. The molecule has 26 heavy (non-hydrogen) atoms. The number of halogens is 1. The van der Waals surface area contributed by atoms with E-state index < -0.39 is 0 Å². The van der Waals surface area contributed by atoms with Crippen LogP contribution in [0, 0.1) is 11.8 Å². The summed E-state index contributed by atoms with van der Waals surface area (Å²) >= 11 is 6.02. The number of nitrogens with one attached hydrogen (secondary N) is 1. The molecule has 1 unspecified atom stereocenters. The second-order valence-electron chi connectivity index (χ2n) is 7.16. The van der Waals surface area contributed by atoms with Gasteiger partial charge in [0.05, 0.1) is 12.7 Å². The molecule has 0 bridgehead atoms. The van der Waals surface area contributed by atoms with Crippen LogP contribution < -0.4 is 15.8 Å². The number of likely N-dealkylation sites (tertiary alicyclic amines) is 1. The summed E-state index contributed by atoms with van der Waals surface area (Å²) in [6.45, 7) is 1.63. The first-order valence-electron chi connectivity index (χ1n) is 9.15. The zero-order valence-electron chi connectivity index (χ0n) is 15.0. The molecule has 1 aromatic carbocycles. The number of methoxy groups -OCH3 is 1. The molecule has 3 rings (SSSR count). The number of ether oxygens (including phenoxy) is 1. The largest absolute Gasteiger partial charge is 0.496 e. The van der Waals surface area contributed by atoms with E-state index in [2.05, 4.69) is 5.32 Å². The highest BCUT2D eigenvalue weighted by Crippen LogP contribution is 2.31. The van der Waals surface area contributed by atoms with Crippen LogP contribution in [0.5, 0.6) is 5.75 Å². The topological polar surface area (TPSA) is 84.7 Å². The fourth-order valence-corrected chi connectivity index (χ4v) is 3.59. The van der Waals surface area contributed by atoms with E-state index in [9.17, 15) is 9.59 Å². The number of carbonyl (C=O) groups excluding carboxylic acids is 2. The molecule has 1 atom stereocenters. The number of piperidine rings is 1. The third kappa shape index (κ3) is 4.48. The Balaban J connectivity index is 1.52. The Morgan fingerprint density at radius 2 is 2.00 bits per heavy atom. The molecule has 142 valence electrons. The molecule has 2 fully saturated rings. The van der Waals surface area contributed by atoms with Crippen LogP contribution in [-0.2, 0) is 4.79 Å². The number of nitrogens with zero attached hydrogens (tertiary/aromatic N) is 1. The number of hydrogen-bond donors (Lipinski definition) is 2. The number of carbonyl (C=O) groups is 2. The number of hydrogen-bond acceptors (Lipinski definition) is 4. The molecule has 1 aromatic rings. The van der Waals surface area contributed by atoms with E-state index in [0.717, 1.165) is 0 Å². The SMILES string of the molecule is COc1ccc(Cl)cc1C(=O)N1CCC(C(=O)NCC(N)C2CC2)CC1. The van der Waals surface area contributed by atoms with Crippen LogP contribution in [0.1, 0.15) is 36.0 Å². The van der Waals surface area contributed by atoms with Crippen LogP contribution in [0.15, 0.2) is 18.2 Å². The first-order chi connectivity index (χ1) is 12.5. The first-order valence-corrected chi connectivity index (χ1v) is 9.53. The van der Waals surface area contributed by atoms with Gasteiger partial charge in [-0.15, -0.1) is 0 Å². The standard InChI is InChI=1S/C19H26ClN3O3/c1-26-17-5-4-14(20)10-15(17)19(25)23-8-6-13(7-9-23)18(24)22-11-16(21)12-2-3-12/h4-5,10,12-13,16H,2-3,6-9,11,21H2,1H3,(H,22,24). The predicted octanol–water partition coefficient (Wildman–Crippen LogP) is 2.05. The van der Waals surface area contributed by atoms with Crippen molar-refractivity contribution in [2.24, 2.45) is 17.6 Å². The molecule has 1 aliphatic heterocycles. The van der Waals surface area contributed by atoms with Crippen LogP contribution >= 0.6 is 11.6 Å². The Labute approximate surface area is 159 Å². The summed E-state index contributed by atoms with van der Waals surface area (Å²) in [4.78, 5) is 26.9. The maximum atomic E-state index is 12.8. The van der Waals surface area contributed by atoms with E-state index in [4.69, 9.17) is 22.1 Å². The van der Waals surface area contributed by atoms with Crippen LogP contribution in [0.2, 0.25) is 5.02 Å². The highest BCUT2D eigenvalue weighted by Gasteiger charge is 2.31. The van der Waals surface area contributed by atoms with Crippen molar-refractivity contribution < 1.29 is 14.3 Å². The number of amides is 2. The van der Waals surface area contributed by atoms with Gasteiger partial charge in [0.25, 0.3) is 5.91 Å². The van der Waals surface area contributed by atoms with Gasteiger partial charge in [0, 0.05) is 36.6 Å². The fraction of sp³-hybridized carbons (Fsp3) is 0.579. The van der Waals surface area contributed by atoms with Gasteiger partial charge in [0.1, 0.15) is 5.75 Å². The predicted molar refractivity (Wildman–Crippen MR) is 100 cm³/mol. The van der Waals surface area contributed by atoms with Crippen molar-refractivity contribution in [1.82, 2.24) is 10.2 Å². The Kier molecular flexibility index (Phi) is 6.04. The van der Waals surface area contributed by atoms with Gasteiger partial charge >= 0.3 is 0 Å². The van der Waals surface area contributed by atoms with E-state index >= 15 is 0 Å². The lowest BCUT2D eigenvalue weighted by atomic mass is 9.95. The average Bonchev–Trinajstić information content (AvgIpc) is 3.50. The lowest BCUT2D eigenvalue weighted by molar-refractivity contribution is -0.126. The third-order valence-electron chi connectivity index (χ3n) is 5.28. The summed E-state index contributed by atoms with van der Waals surface area (Å²) in [6, 6.07) is 5.08. The van der Waals surface area contributed by atoms with Gasteiger partial charge in [-0.05, 0) is 49.8 Å². The van der Waals surface area contributed by atoms with Gasteiger partial charge in [0.15, 0.2) is 0 Å². The summed E-state index contributed by atoms with van der Waals surface area (Å²) in [6.07, 6.45) is 3.65. The first kappa shape index (κ1) is 19.0. The molecule has 2 aliphatic rings. The molecule has 1 heterocycles. The molecular formula is C19H26ClN3O3. The highest BCUT2D eigenvalue weighted by molar-refractivity contribution is 6.31. The van der Waals surface area contributed by atoms with Crippen molar-refractivity contribution in [3.63, 3.8) is 0 Å². The second kappa shape index (κ2) is 8.27. The molecule has 7 heteroatoms. The average molecular weight is 380 g/mol. The summed E-state index contributed by atoms with van der Waals surface area (Å²) in [7, 11) is 1.53. The monoisotopic (exact) mass is 379 g/mol. The van der Waals surface area contributed by atoms with Crippen molar-refractivity contribution in [1.29, 1.82) is 0 Å². The smallest absolute Gasteiger partial charge is 0.257 e. The van der Waals surface area contributed by atoms with Gasteiger partial charge in [-0.25, -0.2) is 0 Å². The lowest BCUT2D eigenvalue weighted by Gasteiger charge is -2.32. The molecule has 3 N–H and O–H groups in total. The zero-order chi connectivity index (χ0) is 18.7. The molecule has 1 aliphatic carbocycles. The Morgan fingerprint density at radius 1 is 1.31 bits per heavy atom. The summed E-state index contributed by atoms with van der Waals surface area (Å²) in [5.74, 6) is 0.954. The Morgan fingerprint density at radius 3 is 2.62 bits per heavy atom. The lowest BCUT2D eigenvalue weighted by Crippen LogP contribution is -2.45. The van der Waals surface area contributed by atoms with E-state index in [1.54, 1.807) is 23.1 Å². The second-order valence-corrected chi connectivity index (χ2v) is 7.59. The van der Waals surface area contributed by atoms with E-state index in [0.29, 0.717) is 54.7 Å². The van der Waals surface area contributed by atoms with Gasteiger partial charge in [0.2, 0.25) is 5.91 Å². The zero-order valence-corrected chi connectivity index (χ0v) is 15.8. The van der Waals surface area contributed by atoms with Crippen molar-refractivity contribution in [3.05, 3.63) is 28.8 Å². The number of nitrogens with two attached hydrogens (primary N) is 1. The summed E-state index contributed by atoms with van der Waals surface area (Å²) in [5, 5.41) is 3.47. The van der Waals surface area contributed by atoms with Gasteiger partial charge in [-0.1, -0.05) is 11.6 Å². The van der Waals surface area contributed by atoms with Crippen LogP contribution in [0.3, 0.4) is 0 Å². The molecule has 0 radical (unpaired) electrons. The van der Waals surface area contributed by atoms with Gasteiger partial charge in [-0.3, -0.25) is 9.59 Å². The number of rotatable bonds is 6. The van der Waals surface area contributed by atoms with Crippen LogP contribution in [0.25, 0.3) is 0 Å². The Bertz CT molecular complexity index is 670. The normalized spacial score (nSPS) is 19.1. The van der Waals surface area contributed by atoms with Gasteiger partial charge in [-0.2, -0.15) is 0 Å². The minimum absolute atomic E-state index is 0.0496. The molecular weight excluding hydrogens is 354 g/mol. The fourth-order valence-electron chi connectivity index (χ4n) is 3.42. The van der Waals surface area contributed by atoms with Crippen LogP contribution in [0.4, 0.5) is 0 Å². The molecule has 1 saturated heterocycles. The summed E-state index contributed by atoms with van der Waals surface area (Å²) < 4.78 is 5.27. The molecule has 6 nitrogen and oxygen atoms in total. The van der Waals surface area contributed by atoms with Crippen molar-refractivity contribution >= 4 is 23.4 Å². The van der Waals surface area contributed by atoms with Crippen molar-refractivity contribution in [3.8, 4) is 5.75 Å². The van der Waals surface area contributed by atoms with E-state index in [1.807, 2.05) is 0 Å². The van der Waals surface area contributed by atoms with Crippen molar-refractivity contribution in [2.75, 3.05) is 26.7 Å². The van der Waals surface area contributed by atoms with Crippen LogP contribution in [-0.4, -0.2) is 49.5 Å². The summed E-state index contributed by atoms with van der Waals surface area (Å²) in [5.41, 5.74) is 6.49. The van der Waals surface area contributed by atoms with E-state index in [1.165, 1.54) is 20.0 Å².